The summed E-state index contributed by atoms with van der Waals surface area (Å²) < 4.78 is 0. The molecule has 0 radical (unpaired) electrons. The molecule has 0 aliphatic carbocycles. The molecule has 0 saturated carbocycles. The summed E-state index contributed by atoms with van der Waals surface area (Å²) in [6.45, 7) is 3.99. The maximum absolute atomic E-state index is 10.7. The molecule has 0 aromatic heterocycles. The van der Waals surface area contributed by atoms with Gasteiger partial charge in [0.1, 0.15) is 0 Å². The van der Waals surface area contributed by atoms with Gasteiger partial charge in [-0.15, -0.1) is 0 Å². The van der Waals surface area contributed by atoms with E-state index >= 15 is 0 Å². The van der Waals surface area contributed by atoms with Gasteiger partial charge in [0.25, 0.3) is 0 Å². The molecule has 0 unspecified atom stereocenters. The van der Waals surface area contributed by atoms with E-state index in [1.54, 1.807) is 0 Å². The highest BCUT2D eigenvalue weighted by Crippen LogP contribution is 2.12. The van der Waals surface area contributed by atoms with E-state index in [1.165, 1.54) is 0 Å². The van der Waals surface area contributed by atoms with Gasteiger partial charge >= 0.3 is 0 Å². The van der Waals surface area contributed by atoms with Gasteiger partial charge in [-0.3, -0.25) is 4.79 Å². The van der Waals surface area contributed by atoms with Gasteiger partial charge in [-0.05, 0) is 13.3 Å². The Balaban J connectivity index is 2.51. The molecule has 1 rings (SSSR count). The van der Waals surface area contributed by atoms with Crippen molar-refractivity contribution in [2.75, 3.05) is 0 Å². The van der Waals surface area contributed by atoms with Gasteiger partial charge in [-0.2, -0.15) is 0 Å². The van der Waals surface area contributed by atoms with E-state index < -0.39 is 0 Å². The summed E-state index contributed by atoms with van der Waals surface area (Å²) in [5.74, 6) is 0.447. The van der Waals surface area contributed by atoms with E-state index in [0.29, 0.717) is 6.04 Å². The molecule has 8 heavy (non-hydrogen) atoms. The van der Waals surface area contributed by atoms with Crippen LogP contribution in [-0.2, 0) is 4.79 Å². The van der Waals surface area contributed by atoms with Crippen molar-refractivity contribution in [3.63, 3.8) is 0 Å². The monoisotopic (exact) mass is 113 g/mol. The average Bonchev–Trinajstić information content (AvgIpc) is 1.85. The quantitative estimate of drug-likeness (QED) is 0.488. The van der Waals surface area contributed by atoms with Crippen molar-refractivity contribution in [1.82, 2.24) is 5.32 Å². The van der Waals surface area contributed by atoms with Crippen molar-refractivity contribution >= 4 is 5.91 Å². The second-order valence-electron chi connectivity index (χ2n) is 2.55. The van der Waals surface area contributed by atoms with E-state index in [0.717, 1.165) is 6.42 Å². The molecule has 46 valence electrons. The largest absolute Gasteiger partial charge is 0.353 e. The third kappa shape index (κ3) is 0.831. The zero-order valence-electron chi connectivity index (χ0n) is 5.27. The minimum absolute atomic E-state index is 0.206. The van der Waals surface area contributed by atoms with Crippen molar-refractivity contribution in [3.8, 4) is 0 Å². The normalized spacial score (nSPS) is 37.5. The van der Waals surface area contributed by atoms with Crippen LogP contribution in [0.25, 0.3) is 0 Å². The summed E-state index contributed by atoms with van der Waals surface area (Å²) in [7, 11) is 0. The number of amides is 1. The molecule has 1 fully saturated rings. The van der Waals surface area contributed by atoms with Crippen LogP contribution < -0.4 is 5.32 Å². The van der Waals surface area contributed by atoms with E-state index in [-0.39, 0.29) is 11.8 Å². The van der Waals surface area contributed by atoms with Gasteiger partial charge in [0.05, 0.1) is 0 Å². The summed E-state index contributed by atoms with van der Waals surface area (Å²) in [4.78, 5) is 10.7. The summed E-state index contributed by atoms with van der Waals surface area (Å²) >= 11 is 0. The smallest absolute Gasteiger partial charge is 0.223 e. The first-order valence-electron chi connectivity index (χ1n) is 3.00. The minimum atomic E-state index is 0.206. The van der Waals surface area contributed by atoms with Crippen LogP contribution in [0.3, 0.4) is 0 Å². The van der Waals surface area contributed by atoms with Crippen LogP contribution in [0.1, 0.15) is 20.3 Å². The van der Waals surface area contributed by atoms with Crippen LogP contribution in [0, 0.1) is 5.92 Å². The van der Waals surface area contributed by atoms with E-state index in [1.807, 2.05) is 13.8 Å². The molecule has 2 atom stereocenters. The molecule has 1 N–H and O–H groups in total. The Morgan fingerprint density at radius 2 is 2.25 bits per heavy atom. The van der Waals surface area contributed by atoms with Crippen molar-refractivity contribution in [2.45, 2.75) is 26.3 Å². The molecule has 2 heteroatoms. The molecule has 0 aromatic rings. The molecule has 0 aromatic carbocycles. The Labute approximate surface area is 49.3 Å². The molecule has 0 bridgehead atoms. The van der Waals surface area contributed by atoms with Gasteiger partial charge in [0, 0.05) is 12.0 Å². The maximum Gasteiger partial charge on any atom is 0.223 e. The molecule has 0 spiro atoms. The fraction of sp³-hybridized carbons (Fsp3) is 0.833. The second-order valence-corrected chi connectivity index (χ2v) is 2.55. The van der Waals surface area contributed by atoms with Crippen molar-refractivity contribution in [2.24, 2.45) is 5.92 Å². The molecule has 1 aliphatic heterocycles. The lowest BCUT2D eigenvalue weighted by Gasteiger charge is -1.95. The first-order valence-corrected chi connectivity index (χ1v) is 3.00. The van der Waals surface area contributed by atoms with Crippen molar-refractivity contribution in [3.05, 3.63) is 0 Å². The summed E-state index contributed by atoms with van der Waals surface area (Å²) in [5.41, 5.74) is 0. The van der Waals surface area contributed by atoms with Crippen molar-refractivity contribution < 1.29 is 4.79 Å². The standard InChI is InChI=1S/C6H11NO/c1-4-3-5(2)7-6(4)8/h4-5H,3H2,1-2H3,(H,7,8)/t4-,5+/m1/s1. The zero-order chi connectivity index (χ0) is 6.15. The highest BCUT2D eigenvalue weighted by molar-refractivity contribution is 5.80. The highest BCUT2D eigenvalue weighted by Gasteiger charge is 2.24. The van der Waals surface area contributed by atoms with Gasteiger partial charge in [-0.25, -0.2) is 0 Å². The Bertz CT molecular complexity index is 111. The van der Waals surface area contributed by atoms with Crippen LogP contribution in [0.4, 0.5) is 0 Å². The van der Waals surface area contributed by atoms with E-state index in [4.69, 9.17) is 0 Å². The third-order valence-corrected chi connectivity index (χ3v) is 1.54. The number of carbonyl (C=O) groups excluding carboxylic acids is 1. The van der Waals surface area contributed by atoms with Gasteiger partial charge in [0.15, 0.2) is 0 Å². The SMILES string of the molecule is C[C@@H]1C[C@H](C)NC1=O. The Kier molecular flexibility index (Phi) is 1.24. The number of rotatable bonds is 0. The van der Waals surface area contributed by atoms with Crippen LogP contribution in [0.5, 0.6) is 0 Å². The fourth-order valence-electron chi connectivity index (χ4n) is 1.08. The lowest BCUT2D eigenvalue weighted by molar-refractivity contribution is -0.122. The lowest BCUT2D eigenvalue weighted by atomic mass is 10.1. The molecule has 2 nitrogen and oxygen atoms in total. The van der Waals surface area contributed by atoms with Crippen LogP contribution >= 0.6 is 0 Å². The Morgan fingerprint density at radius 1 is 1.62 bits per heavy atom. The zero-order valence-corrected chi connectivity index (χ0v) is 5.27. The molecule has 1 heterocycles. The van der Waals surface area contributed by atoms with Crippen LogP contribution in [-0.4, -0.2) is 11.9 Å². The van der Waals surface area contributed by atoms with Gasteiger partial charge < -0.3 is 5.32 Å². The number of carbonyl (C=O) groups is 1. The summed E-state index contributed by atoms with van der Waals surface area (Å²) in [6, 6.07) is 0.400. The fourth-order valence-corrected chi connectivity index (χ4v) is 1.08. The number of hydrogen-bond donors (Lipinski definition) is 1. The lowest BCUT2D eigenvalue weighted by Crippen LogP contribution is -2.22. The predicted octanol–water partition coefficient (Wildman–Crippen LogP) is 0.531. The van der Waals surface area contributed by atoms with Crippen molar-refractivity contribution in [1.29, 1.82) is 0 Å². The van der Waals surface area contributed by atoms with E-state index in [9.17, 15) is 4.79 Å². The first kappa shape index (κ1) is 5.60. The topological polar surface area (TPSA) is 29.1 Å². The highest BCUT2D eigenvalue weighted by atomic mass is 16.2. The maximum atomic E-state index is 10.7. The minimum Gasteiger partial charge on any atom is -0.353 e. The number of nitrogens with one attached hydrogen (secondary N) is 1. The Morgan fingerprint density at radius 3 is 2.38 bits per heavy atom. The molecule has 1 saturated heterocycles. The average molecular weight is 113 g/mol. The molecular weight excluding hydrogens is 102 g/mol. The third-order valence-electron chi connectivity index (χ3n) is 1.54. The Hall–Kier alpha value is -0.530. The van der Waals surface area contributed by atoms with Crippen LogP contribution in [0.15, 0.2) is 0 Å². The van der Waals surface area contributed by atoms with Gasteiger partial charge in [-0.1, -0.05) is 6.92 Å². The summed E-state index contributed by atoms with van der Waals surface area (Å²) in [5, 5.41) is 2.83. The number of hydrogen-bond acceptors (Lipinski definition) is 1. The second kappa shape index (κ2) is 1.77. The van der Waals surface area contributed by atoms with Gasteiger partial charge in [0.2, 0.25) is 5.91 Å². The summed E-state index contributed by atoms with van der Waals surface area (Å²) in [6.07, 6.45) is 0.999. The molecular formula is C6H11NO. The molecule has 1 amide bonds. The van der Waals surface area contributed by atoms with Crippen LogP contribution in [0.2, 0.25) is 0 Å². The predicted molar refractivity (Wildman–Crippen MR) is 31.4 cm³/mol. The van der Waals surface area contributed by atoms with E-state index in [2.05, 4.69) is 5.32 Å². The first-order chi connectivity index (χ1) is 3.70. The molecule has 1 aliphatic rings.